The van der Waals surface area contributed by atoms with Crippen LogP contribution >= 0.6 is 0 Å². The van der Waals surface area contributed by atoms with Gasteiger partial charge in [0.25, 0.3) is 0 Å². The minimum atomic E-state index is 0.689. The first-order valence-electron chi connectivity index (χ1n) is 7.45. The molecule has 5 nitrogen and oxygen atoms in total. The first-order chi connectivity index (χ1) is 10.7. The predicted octanol–water partition coefficient (Wildman–Crippen LogP) is 2.82. The van der Waals surface area contributed by atoms with Crippen LogP contribution in [0.3, 0.4) is 0 Å². The van der Waals surface area contributed by atoms with Crippen molar-refractivity contribution in [2.75, 3.05) is 0 Å². The zero-order chi connectivity index (χ0) is 15.5. The van der Waals surface area contributed by atoms with Crippen molar-refractivity contribution in [3.05, 3.63) is 52.9 Å². The summed E-state index contributed by atoms with van der Waals surface area (Å²) >= 11 is 0. The van der Waals surface area contributed by atoms with Gasteiger partial charge < -0.3 is 4.98 Å². The second kappa shape index (κ2) is 6.05. The minimum Gasteiger partial charge on any atom is -0.342 e. The SMILES string of the molecule is CCc1[nH]c2nc(CCc3cccnc3)nc(C)c2c1C=O. The van der Waals surface area contributed by atoms with E-state index >= 15 is 0 Å². The second-order valence-corrected chi connectivity index (χ2v) is 5.30. The number of pyridine rings is 1. The van der Waals surface area contributed by atoms with Gasteiger partial charge in [-0.3, -0.25) is 9.78 Å². The van der Waals surface area contributed by atoms with Crippen LogP contribution in [0, 0.1) is 6.92 Å². The van der Waals surface area contributed by atoms with Gasteiger partial charge in [-0.25, -0.2) is 9.97 Å². The van der Waals surface area contributed by atoms with Gasteiger partial charge in [0, 0.05) is 30.1 Å². The molecule has 0 amide bonds. The summed E-state index contributed by atoms with van der Waals surface area (Å²) in [4.78, 5) is 27.8. The molecule has 0 spiro atoms. The third-order valence-corrected chi connectivity index (χ3v) is 3.83. The number of aryl methyl sites for hydroxylation is 4. The Labute approximate surface area is 128 Å². The fraction of sp³-hybridized carbons (Fsp3) is 0.294. The van der Waals surface area contributed by atoms with Crippen LogP contribution in [0.1, 0.15) is 40.1 Å². The highest BCUT2D eigenvalue weighted by atomic mass is 16.1. The van der Waals surface area contributed by atoms with E-state index in [0.29, 0.717) is 5.56 Å². The van der Waals surface area contributed by atoms with Crippen molar-refractivity contribution in [1.29, 1.82) is 0 Å². The number of aldehydes is 1. The van der Waals surface area contributed by atoms with Crippen LogP contribution in [0.15, 0.2) is 24.5 Å². The Morgan fingerprint density at radius 1 is 1.27 bits per heavy atom. The van der Waals surface area contributed by atoms with Crippen molar-refractivity contribution < 1.29 is 4.79 Å². The quantitative estimate of drug-likeness (QED) is 0.734. The molecule has 112 valence electrons. The zero-order valence-electron chi connectivity index (χ0n) is 12.8. The van der Waals surface area contributed by atoms with Crippen LogP contribution in [0.25, 0.3) is 11.0 Å². The molecule has 3 aromatic rings. The van der Waals surface area contributed by atoms with Crippen LogP contribution in [-0.2, 0) is 19.3 Å². The highest BCUT2D eigenvalue weighted by Gasteiger charge is 2.15. The highest BCUT2D eigenvalue weighted by Crippen LogP contribution is 2.23. The number of aromatic nitrogens is 4. The molecule has 0 radical (unpaired) electrons. The normalized spacial score (nSPS) is 11.0. The van der Waals surface area contributed by atoms with Gasteiger partial charge in [-0.05, 0) is 31.4 Å². The van der Waals surface area contributed by atoms with Crippen LogP contribution in [0.2, 0.25) is 0 Å². The smallest absolute Gasteiger partial charge is 0.152 e. The molecule has 3 rings (SSSR count). The summed E-state index contributed by atoms with van der Waals surface area (Å²) in [6, 6.07) is 3.98. The molecule has 5 heteroatoms. The topological polar surface area (TPSA) is 71.5 Å². The first kappa shape index (κ1) is 14.4. The molecule has 0 fully saturated rings. The van der Waals surface area contributed by atoms with E-state index in [2.05, 4.69) is 19.9 Å². The van der Waals surface area contributed by atoms with Crippen LogP contribution in [-0.4, -0.2) is 26.2 Å². The number of hydrogen-bond donors (Lipinski definition) is 1. The molecule has 0 saturated carbocycles. The Morgan fingerprint density at radius 2 is 2.14 bits per heavy atom. The summed E-state index contributed by atoms with van der Waals surface area (Å²) in [5.41, 5.74) is 4.38. The zero-order valence-corrected chi connectivity index (χ0v) is 12.8. The number of nitrogens with one attached hydrogen (secondary N) is 1. The molecule has 0 bridgehead atoms. The number of aromatic amines is 1. The van der Waals surface area contributed by atoms with Gasteiger partial charge in [0.05, 0.1) is 11.1 Å². The summed E-state index contributed by atoms with van der Waals surface area (Å²) in [5, 5.41) is 0.844. The lowest BCUT2D eigenvalue weighted by atomic mass is 10.1. The largest absolute Gasteiger partial charge is 0.342 e. The minimum absolute atomic E-state index is 0.689. The molecule has 3 aromatic heterocycles. The van der Waals surface area contributed by atoms with Crippen molar-refractivity contribution in [1.82, 2.24) is 19.9 Å². The molecule has 22 heavy (non-hydrogen) atoms. The van der Waals surface area contributed by atoms with Crippen LogP contribution in [0.5, 0.6) is 0 Å². The number of H-pyrrole nitrogens is 1. The number of carbonyl (C=O) groups is 1. The van der Waals surface area contributed by atoms with Crippen LogP contribution in [0.4, 0.5) is 0 Å². The Morgan fingerprint density at radius 3 is 2.82 bits per heavy atom. The average molecular weight is 294 g/mol. The van der Waals surface area contributed by atoms with Crippen molar-refractivity contribution in [3.8, 4) is 0 Å². The maximum absolute atomic E-state index is 11.3. The maximum Gasteiger partial charge on any atom is 0.152 e. The van der Waals surface area contributed by atoms with E-state index in [0.717, 1.165) is 59.4 Å². The van der Waals surface area contributed by atoms with E-state index in [4.69, 9.17) is 0 Å². The van der Waals surface area contributed by atoms with Crippen molar-refractivity contribution in [2.45, 2.75) is 33.1 Å². The molecule has 0 atom stereocenters. The molecule has 0 aliphatic rings. The molecule has 0 aliphatic heterocycles. The molecule has 3 heterocycles. The number of hydrogen-bond acceptors (Lipinski definition) is 4. The summed E-state index contributed by atoms with van der Waals surface area (Å²) in [5.74, 6) is 0.787. The van der Waals surface area contributed by atoms with E-state index < -0.39 is 0 Å². The summed E-state index contributed by atoms with van der Waals surface area (Å²) < 4.78 is 0. The fourth-order valence-corrected chi connectivity index (χ4v) is 2.73. The van der Waals surface area contributed by atoms with Crippen LogP contribution < -0.4 is 0 Å². The third kappa shape index (κ3) is 2.62. The Hall–Kier alpha value is -2.56. The monoisotopic (exact) mass is 294 g/mol. The number of nitrogens with zero attached hydrogens (tertiary/aromatic N) is 3. The Bertz CT molecular complexity index is 808. The van der Waals surface area contributed by atoms with Gasteiger partial charge in [-0.15, -0.1) is 0 Å². The van der Waals surface area contributed by atoms with Gasteiger partial charge in [0.2, 0.25) is 0 Å². The van der Waals surface area contributed by atoms with Gasteiger partial charge >= 0.3 is 0 Å². The first-order valence-corrected chi connectivity index (χ1v) is 7.45. The van der Waals surface area contributed by atoms with Gasteiger partial charge in [0.1, 0.15) is 11.5 Å². The van der Waals surface area contributed by atoms with Gasteiger partial charge in [-0.1, -0.05) is 13.0 Å². The molecule has 0 aliphatic carbocycles. The van der Waals surface area contributed by atoms with Crippen molar-refractivity contribution >= 4 is 17.3 Å². The lowest BCUT2D eigenvalue weighted by Crippen LogP contribution is -2.01. The van der Waals surface area contributed by atoms with E-state index in [9.17, 15) is 4.79 Å². The second-order valence-electron chi connectivity index (χ2n) is 5.30. The maximum atomic E-state index is 11.3. The van der Waals surface area contributed by atoms with Gasteiger partial charge in [0.15, 0.2) is 6.29 Å². The molecular formula is C17H18N4O. The molecule has 0 aromatic carbocycles. The number of rotatable bonds is 5. The molecule has 1 N–H and O–H groups in total. The average Bonchev–Trinajstić information content (AvgIpc) is 2.92. The fourth-order valence-electron chi connectivity index (χ4n) is 2.73. The lowest BCUT2D eigenvalue weighted by molar-refractivity contribution is 0.112. The lowest BCUT2D eigenvalue weighted by Gasteiger charge is -2.03. The summed E-state index contributed by atoms with van der Waals surface area (Å²) in [6.45, 7) is 3.95. The Kier molecular flexibility index (Phi) is 3.96. The standard InChI is InChI=1S/C17H18N4O/c1-3-14-13(10-22)16-11(2)19-15(21-17(16)20-14)7-6-12-5-4-8-18-9-12/h4-5,8-10H,3,6-7H2,1-2H3,(H,19,20,21). The van der Waals surface area contributed by atoms with E-state index in [1.165, 1.54) is 0 Å². The van der Waals surface area contributed by atoms with Gasteiger partial charge in [-0.2, -0.15) is 0 Å². The van der Waals surface area contributed by atoms with E-state index in [1.807, 2.05) is 32.2 Å². The Balaban J connectivity index is 1.94. The molecular weight excluding hydrogens is 276 g/mol. The molecule has 0 saturated heterocycles. The number of fused-ring (bicyclic) bond motifs is 1. The summed E-state index contributed by atoms with van der Waals surface area (Å²) in [7, 11) is 0. The van der Waals surface area contributed by atoms with E-state index in [1.54, 1.807) is 6.20 Å². The molecule has 0 unspecified atom stereocenters. The summed E-state index contributed by atoms with van der Waals surface area (Å²) in [6.07, 6.45) is 6.89. The van der Waals surface area contributed by atoms with Crippen molar-refractivity contribution in [2.24, 2.45) is 0 Å². The van der Waals surface area contributed by atoms with Crippen molar-refractivity contribution in [3.63, 3.8) is 0 Å². The number of carbonyl (C=O) groups excluding carboxylic acids is 1. The van der Waals surface area contributed by atoms with E-state index in [-0.39, 0.29) is 0 Å². The highest BCUT2D eigenvalue weighted by molar-refractivity contribution is 5.98. The third-order valence-electron chi connectivity index (χ3n) is 3.83. The predicted molar refractivity (Wildman–Crippen MR) is 85.0 cm³/mol.